The van der Waals surface area contributed by atoms with Gasteiger partial charge in [0.2, 0.25) is 0 Å². The molecule has 2 unspecified atom stereocenters. The smallest absolute Gasteiger partial charge is 0.200 e. The van der Waals surface area contributed by atoms with Gasteiger partial charge in [-0.15, -0.1) is 0 Å². The van der Waals surface area contributed by atoms with Crippen molar-refractivity contribution in [1.82, 2.24) is 0 Å². The Balaban J connectivity index is 5.89. The molecule has 0 radical (unpaired) electrons. The third-order valence-corrected chi connectivity index (χ3v) is 12.5. The van der Waals surface area contributed by atoms with Crippen LogP contribution in [0.1, 0.15) is 64.2 Å². The molecule has 0 aromatic rings. The van der Waals surface area contributed by atoms with Crippen LogP contribution in [0, 0.1) is 0 Å². The molecule has 0 aliphatic rings. The second-order valence-corrected chi connectivity index (χ2v) is 19.4. The van der Waals surface area contributed by atoms with Crippen molar-refractivity contribution in [3.8, 4) is 0 Å². The van der Waals surface area contributed by atoms with E-state index < -0.39 is 178 Å². The molecule has 0 aliphatic carbocycles. The van der Waals surface area contributed by atoms with E-state index in [0.29, 0.717) is 45.2 Å². The van der Waals surface area contributed by atoms with Crippen molar-refractivity contribution in [3.63, 3.8) is 0 Å². The number of hydrogen-bond donors (Lipinski definition) is 0. The summed E-state index contributed by atoms with van der Waals surface area (Å²) < 4.78 is 567. The first kappa shape index (κ1) is 74.5. The van der Waals surface area contributed by atoms with Gasteiger partial charge in [0.1, 0.15) is 0 Å². The molecule has 0 N–H and O–H groups in total. The van der Waals surface area contributed by atoms with Crippen LogP contribution in [0.15, 0.2) is 0 Å². The Morgan fingerprint density at radius 3 is 0.474 bits per heavy atom. The van der Waals surface area contributed by atoms with Crippen molar-refractivity contribution in [2.75, 3.05) is 0 Å². The maximum Gasteiger partial charge on any atom is 0.460 e. The summed E-state index contributed by atoms with van der Waals surface area (Å²) in [7, 11) is 0. The van der Waals surface area contributed by atoms with Gasteiger partial charge in [0.15, 0.2) is 0 Å². The third kappa shape index (κ3) is 11.3. The van der Waals surface area contributed by atoms with Gasteiger partial charge in [-0.2, -0.15) is 184 Å². The molecule has 2 atom stereocenters. The molecule has 0 saturated heterocycles. The molecular weight excluding hydrogens is 1440 g/mol. The molecular formula is C32H22F42I2. The molecule has 458 valence electrons. The van der Waals surface area contributed by atoms with Crippen LogP contribution in [-0.4, -0.2) is 127 Å². The lowest BCUT2D eigenvalue weighted by Gasteiger charge is -2.44. The molecule has 0 heterocycles. The first-order valence-corrected chi connectivity index (χ1v) is 21.2. The minimum atomic E-state index is -9.38. The monoisotopic (exact) mass is 1460 g/mol. The van der Waals surface area contributed by atoms with Gasteiger partial charge in [0.25, 0.3) is 0 Å². The summed E-state index contributed by atoms with van der Waals surface area (Å²) in [5.74, 6) is -158. The van der Waals surface area contributed by atoms with E-state index in [-0.39, 0.29) is 12.8 Å². The second-order valence-electron chi connectivity index (χ2n) is 15.9. The molecule has 44 heteroatoms. The van der Waals surface area contributed by atoms with Gasteiger partial charge in [-0.3, -0.25) is 0 Å². The molecule has 0 aromatic heterocycles. The van der Waals surface area contributed by atoms with Gasteiger partial charge in [-0.25, -0.2) is 0 Å². The molecule has 0 aliphatic heterocycles. The van der Waals surface area contributed by atoms with Crippen LogP contribution in [0.4, 0.5) is 184 Å². The standard InChI is InChI=1S/C32H22F42I2/c33-13(34,15(37,38)17(41,42)19(45,46)21(49,50)23(53,54)25(57,58)27(61,62)29(65,66)31(69,70)71)9-11(75)7-5-3-1-2-4-6-8-12(76)10-14(35,36)16(39,40)18(43,44)20(47,48)22(51,52)24(55,56)26(59,60)28(63,64)30(67,68)32(72,73)74/h11-12H,1-10H2. The van der Waals surface area contributed by atoms with Gasteiger partial charge in [-0.1, -0.05) is 83.7 Å². The minimum absolute atomic E-state index is 0.332. The van der Waals surface area contributed by atoms with E-state index in [1.807, 2.05) is 0 Å². The van der Waals surface area contributed by atoms with Crippen molar-refractivity contribution < 1.29 is 184 Å². The summed E-state index contributed by atoms with van der Waals surface area (Å²) in [6, 6.07) is 0. The Morgan fingerprint density at radius 2 is 0.316 bits per heavy atom. The number of rotatable bonds is 29. The third-order valence-electron chi connectivity index (χ3n) is 10.4. The summed E-state index contributed by atoms with van der Waals surface area (Å²) in [5, 5.41) is 0. The lowest BCUT2D eigenvalue weighted by Crippen LogP contribution is -2.76. The fraction of sp³-hybridized carbons (Fsp3) is 1.00. The summed E-state index contributed by atoms with van der Waals surface area (Å²) >= 11 is 1.18. The maximum absolute atomic E-state index is 14.4. The van der Waals surface area contributed by atoms with E-state index >= 15 is 0 Å². The highest BCUT2D eigenvalue weighted by Gasteiger charge is 3.00. The predicted octanol–water partition coefficient (Wildman–Crippen LogP) is 19.1. The molecule has 0 fully saturated rings. The first-order chi connectivity index (χ1) is 32.5. The normalized spacial score (nSPS) is 17.4. The van der Waals surface area contributed by atoms with Crippen LogP contribution in [0.3, 0.4) is 0 Å². The Hall–Kier alpha value is -1.48. The van der Waals surface area contributed by atoms with E-state index in [2.05, 4.69) is 0 Å². The van der Waals surface area contributed by atoms with Crippen molar-refractivity contribution >= 4 is 45.2 Å². The average molecular weight is 1460 g/mol. The predicted molar refractivity (Wildman–Crippen MR) is 183 cm³/mol. The quantitative estimate of drug-likeness (QED) is 0.0303. The van der Waals surface area contributed by atoms with Crippen LogP contribution in [0.25, 0.3) is 0 Å². The fourth-order valence-corrected chi connectivity index (χ4v) is 7.62. The molecule has 0 rings (SSSR count). The summed E-state index contributed by atoms with van der Waals surface area (Å²) in [6.45, 7) is 0. The molecule has 0 aromatic carbocycles. The Labute approximate surface area is 420 Å². The highest BCUT2D eigenvalue weighted by Crippen LogP contribution is 2.69. The van der Waals surface area contributed by atoms with Gasteiger partial charge in [0, 0.05) is 20.7 Å². The topological polar surface area (TPSA) is 0 Å². The van der Waals surface area contributed by atoms with E-state index in [1.165, 1.54) is 0 Å². The Bertz CT molecular complexity index is 1790. The van der Waals surface area contributed by atoms with Crippen LogP contribution >= 0.6 is 45.2 Å². The van der Waals surface area contributed by atoms with E-state index in [0.717, 1.165) is 0 Å². The van der Waals surface area contributed by atoms with Crippen LogP contribution in [-0.2, 0) is 0 Å². The van der Waals surface area contributed by atoms with Crippen molar-refractivity contribution in [1.29, 1.82) is 0 Å². The zero-order chi connectivity index (χ0) is 62.2. The molecule has 0 amide bonds. The summed E-state index contributed by atoms with van der Waals surface area (Å²) in [5.41, 5.74) is 0. The molecule has 0 saturated carbocycles. The number of alkyl halides is 44. The Kier molecular flexibility index (Phi) is 21.0. The van der Waals surface area contributed by atoms with Gasteiger partial charge in [-0.05, 0) is 12.8 Å². The van der Waals surface area contributed by atoms with Gasteiger partial charge >= 0.3 is 119 Å². The van der Waals surface area contributed by atoms with E-state index in [9.17, 15) is 184 Å². The first-order valence-electron chi connectivity index (χ1n) is 18.7. The Morgan fingerprint density at radius 1 is 0.184 bits per heavy atom. The number of unbranched alkanes of at least 4 members (excludes halogenated alkanes) is 5. The number of halogens is 44. The highest BCUT2D eigenvalue weighted by atomic mass is 127. The maximum atomic E-state index is 14.4. The summed E-state index contributed by atoms with van der Waals surface area (Å²) in [6.07, 6.45) is -27.1. The highest BCUT2D eigenvalue weighted by molar-refractivity contribution is 14.1. The lowest BCUT2D eigenvalue weighted by molar-refractivity contribution is -0.474. The van der Waals surface area contributed by atoms with Crippen LogP contribution < -0.4 is 0 Å². The van der Waals surface area contributed by atoms with Crippen LogP contribution in [0.5, 0.6) is 0 Å². The molecule has 0 bridgehead atoms. The second kappa shape index (κ2) is 21.4. The van der Waals surface area contributed by atoms with Crippen molar-refractivity contribution in [3.05, 3.63) is 0 Å². The number of hydrogen-bond acceptors (Lipinski definition) is 0. The SMILES string of the molecule is FC(F)(F)C(F)(F)C(F)(F)C(F)(F)C(F)(F)C(F)(F)C(F)(F)C(F)(F)C(F)(F)C(F)(F)CC(I)CCCCCCCCC(I)CC(F)(F)C(F)(F)C(F)(F)C(F)(F)C(F)(F)C(F)(F)C(F)(F)C(F)(F)C(F)(F)C(F)(F)F. The fourth-order valence-electron chi connectivity index (χ4n) is 5.64. The molecule has 0 spiro atoms. The largest absolute Gasteiger partial charge is 0.460 e. The van der Waals surface area contributed by atoms with E-state index in [4.69, 9.17) is 0 Å². The zero-order valence-corrected chi connectivity index (χ0v) is 39.2. The van der Waals surface area contributed by atoms with Crippen molar-refractivity contribution in [2.24, 2.45) is 0 Å². The van der Waals surface area contributed by atoms with Crippen LogP contribution in [0.2, 0.25) is 0 Å². The minimum Gasteiger partial charge on any atom is -0.200 e. The average Bonchev–Trinajstić information content (AvgIpc) is 3.19. The molecule has 0 nitrogen and oxygen atoms in total. The van der Waals surface area contributed by atoms with Gasteiger partial charge in [0.05, 0.1) is 0 Å². The summed E-state index contributed by atoms with van der Waals surface area (Å²) in [4.78, 5) is 0. The molecule has 76 heavy (non-hydrogen) atoms. The van der Waals surface area contributed by atoms with E-state index in [1.54, 1.807) is 0 Å². The van der Waals surface area contributed by atoms with Crippen molar-refractivity contribution in [2.45, 2.75) is 191 Å². The zero-order valence-electron chi connectivity index (χ0n) is 34.9. The lowest BCUT2D eigenvalue weighted by atomic mass is 9.85. The van der Waals surface area contributed by atoms with Gasteiger partial charge < -0.3 is 0 Å².